The number of phenolic OH excluding ortho intramolecular Hbond substituents is 1. The van der Waals surface area contributed by atoms with Crippen LogP contribution in [0.2, 0.25) is 0 Å². The third-order valence-electron chi connectivity index (χ3n) is 5.07. The number of hydrogen-bond acceptors (Lipinski definition) is 4. The number of furan rings is 1. The molecule has 2 aliphatic heterocycles. The number of benzene rings is 2. The van der Waals surface area contributed by atoms with Crippen LogP contribution in [0.25, 0.3) is 17.3 Å². The molecule has 148 valence electrons. The SMILES string of the molecule is O=c1c(Cc2ccc(O)cc2)nc2c(Cc3ccccc3)[nH]c(-c3ccco3)cn1-2. The summed E-state index contributed by atoms with van der Waals surface area (Å²) >= 11 is 0. The Morgan fingerprint density at radius 1 is 0.933 bits per heavy atom. The molecule has 0 bridgehead atoms. The fourth-order valence-electron chi connectivity index (χ4n) is 3.58. The van der Waals surface area contributed by atoms with E-state index in [-0.39, 0.29) is 11.3 Å². The maximum Gasteiger partial charge on any atom is 0.278 e. The lowest BCUT2D eigenvalue weighted by molar-refractivity contribution is 0.475. The molecule has 0 atom stereocenters. The van der Waals surface area contributed by atoms with Crippen molar-refractivity contribution in [3.63, 3.8) is 0 Å². The zero-order valence-electron chi connectivity index (χ0n) is 16.1. The minimum absolute atomic E-state index is 0.158. The number of rotatable bonds is 5. The van der Waals surface area contributed by atoms with Crippen molar-refractivity contribution in [3.05, 3.63) is 112 Å². The monoisotopic (exact) mass is 397 g/mol. The number of imidazole rings is 1. The lowest BCUT2D eigenvalue weighted by Gasteiger charge is -2.12. The van der Waals surface area contributed by atoms with Crippen LogP contribution in [-0.2, 0) is 12.8 Å². The van der Waals surface area contributed by atoms with Crippen LogP contribution in [0.4, 0.5) is 0 Å². The molecule has 0 fully saturated rings. The number of aromatic hydroxyl groups is 1. The van der Waals surface area contributed by atoms with Crippen molar-refractivity contribution >= 4 is 0 Å². The first-order valence-corrected chi connectivity index (χ1v) is 9.66. The molecule has 0 radical (unpaired) electrons. The molecule has 1 aromatic heterocycles. The number of H-pyrrole nitrogens is 1. The molecule has 2 N–H and O–H groups in total. The van der Waals surface area contributed by atoms with Gasteiger partial charge >= 0.3 is 0 Å². The summed E-state index contributed by atoms with van der Waals surface area (Å²) in [5, 5.41) is 9.49. The quantitative estimate of drug-likeness (QED) is 0.467. The predicted octanol–water partition coefficient (Wildman–Crippen LogP) is 4.15. The highest BCUT2D eigenvalue weighted by molar-refractivity contribution is 5.54. The highest BCUT2D eigenvalue weighted by atomic mass is 16.3. The number of nitrogens with zero attached hydrogens (tertiary/aromatic N) is 2. The van der Waals surface area contributed by atoms with E-state index in [4.69, 9.17) is 4.42 Å². The lowest BCUT2D eigenvalue weighted by Crippen LogP contribution is -2.17. The summed E-state index contributed by atoms with van der Waals surface area (Å²) in [6.45, 7) is 0. The largest absolute Gasteiger partial charge is 0.508 e. The zero-order valence-corrected chi connectivity index (χ0v) is 16.1. The molecule has 0 saturated carbocycles. The maximum atomic E-state index is 13.1. The minimum Gasteiger partial charge on any atom is -0.508 e. The summed E-state index contributed by atoms with van der Waals surface area (Å²) < 4.78 is 7.12. The van der Waals surface area contributed by atoms with Crippen LogP contribution in [0.3, 0.4) is 0 Å². The molecule has 5 rings (SSSR count). The summed E-state index contributed by atoms with van der Waals surface area (Å²) in [6, 6.07) is 20.5. The fraction of sp³-hybridized carbons (Fsp3) is 0.0833. The van der Waals surface area contributed by atoms with Crippen LogP contribution in [0.1, 0.15) is 22.5 Å². The van der Waals surface area contributed by atoms with Crippen LogP contribution in [0.5, 0.6) is 5.75 Å². The topological polar surface area (TPSA) is 84.0 Å². The Labute approximate surface area is 172 Å². The van der Waals surface area contributed by atoms with Gasteiger partial charge in [-0.05, 0) is 35.4 Å². The van der Waals surface area contributed by atoms with Crippen molar-refractivity contribution in [2.75, 3.05) is 0 Å². The van der Waals surface area contributed by atoms with Crippen molar-refractivity contribution < 1.29 is 9.52 Å². The van der Waals surface area contributed by atoms with Crippen molar-refractivity contribution in [3.8, 4) is 23.0 Å². The van der Waals surface area contributed by atoms with Gasteiger partial charge in [-0.2, -0.15) is 0 Å². The Morgan fingerprint density at radius 2 is 1.70 bits per heavy atom. The minimum atomic E-state index is -0.158. The molecule has 2 aromatic carbocycles. The van der Waals surface area contributed by atoms with E-state index in [1.54, 1.807) is 41.3 Å². The molecule has 6 nitrogen and oxygen atoms in total. The number of phenols is 1. The van der Waals surface area contributed by atoms with Crippen LogP contribution in [0, 0.1) is 0 Å². The molecule has 3 aromatic rings. The van der Waals surface area contributed by atoms with E-state index in [9.17, 15) is 9.90 Å². The van der Waals surface area contributed by atoms with Crippen molar-refractivity contribution in [1.82, 2.24) is 14.5 Å². The normalized spacial score (nSPS) is 11.2. The van der Waals surface area contributed by atoms with Crippen LogP contribution >= 0.6 is 0 Å². The van der Waals surface area contributed by atoms with Gasteiger partial charge in [0.1, 0.15) is 11.4 Å². The van der Waals surface area contributed by atoms with Crippen molar-refractivity contribution in [1.29, 1.82) is 0 Å². The van der Waals surface area contributed by atoms with Crippen LogP contribution in [-0.4, -0.2) is 19.6 Å². The number of aromatic nitrogens is 3. The molecule has 0 saturated heterocycles. The second-order valence-corrected chi connectivity index (χ2v) is 7.19. The molecule has 0 spiro atoms. The molecule has 0 aliphatic carbocycles. The number of aromatic amines is 1. The van der Waals surface area contributed by atoms with E-state index in [0.717, 1.165) is 16.8 Å². The van der Waals surface area contributed by atoms with Crippen LogP contribution in [0.15, 0.2) is 88.4 Å². The van der Waals surface area contributed by atoms with E-state index < -0.39 is 0 Å². The van der Waals surface area contributed by atoms with E-state index in [2.05, 4.69) is 9.97 Å². The first-order valence-electron chi connectivity index (χ1n) is 9.66. The average molecular weight is 397 g/mol. The number of hydrogen-bond donors (Lipinski definition) is 2. The van der Waals surface area contributed by atoms with E-state index >= 15 is 0 Å². The number of nitrogens with one attached hydrogen (secondary N) is 1. The van der Waals surface area contributed by atoms with Crippen molar-refractivity contribution in [2.45, 2.75) is 12.8 Å². The molecule has 2 aliphatic rings. The Balaban J connectivity index is 1.63. The standard InChI is InChI=1S/C24H19N3O3/c28-18-10-8-17(9-11-18)14-20-24(29)27-15-21(22-7-4-12-30-22)25-19(23(27)26-20)13-16-5-2-1-3-6-16/h1-12,15,25,28H,13-14H2. The Hall–Kier alpha value is -4.06. The van der Waals surface area contributed by atoms with Gasteiger partial charge in [-0.25, -0.2) is 4.98 Å². The van der Waals surface area contributed by atoms with Gasteiger partial charge in [0, 0.05) is 19.0 Å². The fourth-order valence-corrected chi connectivity index (χ4v) is 3.58. The Kier molecular flexibility index (Phi) is 4.44. The van der Waals surface area contributed by atoms with Gasteiger partial charge in [0.25, 0.3) is 5.56 Å². The van der Waals surface area contributed by atoms with Gasteiger partial charge in [-0.3, -0.25) is 9.36 Å². The lowest BCUT2D eigenvalue weighted by atomic mass is 10.1. The third kappa shape index (κ3) is 3.39. The molecule has 3 heterocycles. The highest BCUT2D eigenvalue weighted by Crippen LogP contribution is 2.24. The molecule has 0 amide bonds. The average Bonchev–Trinajstić information content (AvgIpc) is 3.40. The highest BCUT2D eigenvalue weighted by Gasteiger charge is 2.21. The third-order valence-corrected chi connectivity index (χ3v) is 5.07. The number of fused-ring (bicyclic) bond motifs is 1. The molecule has 6 heteroatoms. The first kappa shape index (κ1) is 18.0. The summed E-state index contributed by atoms with van der Waals surface area (Å²) in [4.78, 5) is 21.2. The van der Waals surface area contributed by atoms with Gasteiger partial charge in [0.2, 0.25) is 0 Å². The molecule has 30 heavy (non-hydrogen) atoms. The smallest absolute Gasteiger partial charge is 0.278 e. The molecular formula is C24H19N3O3. The summed E-state index contributed by atoms with van der Waals surface area (Å²) in [5.74, 6) is 1.45. The maximum absolute atomic E-state index is 13.1. The first-order chi connectivity index (χ1) is 14.7. The second-order valence-electron chi connectivity index (χ2n) is 7.19. The van der Waals surface area contributed by atoms with Crippen LogP contribution < -0.4 is 5.56 Å². The van der Waals surface area contributed by atoms with Gasteiger partial charge in [0.05, 0.1) is 17.7 Å². The summed E-state index contributed by atoms with van der Waals surface area (Å²) in [5.41, 5.74) is 3.87. The Morgan fingerprint density at radius 3 is 2.43 bits per heavy atom. The van der Waals surface area contributed by atoms with Gasteiger partial charge in [-0.1, -0.05) is 42.5 Å². The summed E-state index contributed by atoms with van der Waals surface area (Å²) in [7, 11) is 0. The van der Waals surface area contributed by atoms with Gasteiger partial charge < -0.3 is 14.5 Å². The molecular weight excluding hydrogens is 378 g/mol. The summed E-state index contributed by atoms with van der Waals surface area (Å²) in [6.07, 6.45) is 4.33. The van der Waals surface area contributed by atoms with Crippen molar-refractivity contribution in [2.24, 2.45) is 0 Å². The van der Waals surface area contributed by atoms with E-state index in [1.165, 1.54) is 0 Å². The zero-order chi connectivity index (χ0) is 20.5. The van der Waals surface area contributed by atoms with Gasteiger partial charge in [-0.15, -0.1) is 0 Å². The molecule has 0 unspecified atom stereocenters. The Bertz CT molecular complexity index is 1300. The van der Waals surface area contributed by atoms with E-state index in [0.29, 0.717) is 35.8 Å². The predicted molar refractivity (Wildman–Crippen MR) is 113 cm³/mol. The van der Waals surface area contributed by atoms with Gasteiger partial charge in [0.15, 0.2) is 11.6 Å². The second kappa shape index (κ2) is 7.40. The van der Waals surface area contributed by atoms with E-state index in [1.807, 2.05) is 42.5 Å².